The van der Waals surface area contributed by atoms with Gasteiger partial charge in [-0.3, -0.25) is 0 Å². The van der Waals surface area contributed by atoms with Crippen LogP contribution in [0.1, 0.15) is 159 Å². The van der Waals surface area contributed by atoms with Crippen molar-refractivity contribution in [3.05, 3.63) is 71.3 Å². The summed E-state index contributed by atoms with van der Waals surface area (Å²) < 4.78 is 5.75. The van der Waals surface area contributed by atoms with Gasteiger partial charge in [-0.1, -0.05) is 184 Å². The van der Waals surface area contributed by atoms with Crippen LogP contribution in [0.5, 0.6) is 5.75 Å². The smallest absolute Gasteiger partial charge is 0.119 e. The SMILES string of the molecule is CCCCCCCCCCCCCCCCCCCCc1ccc(C(=S)C=Cc2ccc(OCCCC)cc2)cc1. The van der Waals surface area contributed by atoms with Gasteiger partial charge >= 0.3 is 0 Å². The van der Waals surface area contributed by atoms with Crippen LogP contribution in [0.4, 0.5) is 0 Å². The summed E-state index contributed by atoms with van der Waals surface area (Å²) in [5.74, 6) is 0.934. The third-order valence-corrected chi connectivity index (χ3v) is 8.50. The lowest BCUT2D eigenvalue weighted by molar-refractivity contribution is 0.309. The highest BCUT2D eigenvalue weighted by atomic mass is 32.1. The molecule has 2 aromatic carbocycles. The second-order valence-corrected chi connectivity index (χ2v) is 12.4. The van der Waals surface area contributed by atoms with E-state index in [4.69, 9.17) is 17.0 Å². The number of hydrogen-bond acceptors (Lipinski definition) is 2. The number of allylic oxidation sites excluding steroid dienone is 1. The average molecular weight is 577 g/mol. The number of unbranched alkanes of at least 4 members (excludes halogenated alkanes) is 18. The molecule has 2 heteroatoms. The Morgan fingerprint density at radius 1 is 0.561 bits per heavy atom. The molecule has 0 bridgehead atoms. The van der Waals surface area contributed by atoms with Crippen LogP contribution in [0.2, 0.25) is 0 Å². The first-order chi connectivity index (χ1) is 20.2. The molecular formula is C39H60OS. The van der Waals surface area contributed by atoms with Gasteiger partial charge in [0.2, 0.25) is 0 Å². The van der Waals surface area contributed by atoms with Crippen molar-refractivity contribution < 1.29 is 4.74 Å². The van der Waals surface area contributed by atoms with Crippen LogP contribution in [0.15, 0.2) is 54.6 Å². The molecule has 0 N–H and O–H groups in total. The maximum absolute atomic E-state index is 5.75. The van der Waals surface area contributed by atoms with Gasteiger partial charge in [0.05, 0.1) is 6.61 Å². The first-order valence-corrected chi connectivity index (χ1v) is 17.7. The minimum Gasteiger partial charge on any atom is -0.494 e. The van der Waals surface area contributed by atoms with Crippen LogP contribution < -0.4 is 4.74 Å². The van der Waals surface area contributed by atoms with Crippen molar-refractivity contribution >= 4 is 23.2 Å². The molecule has 0 aromatic heterocycles. The lowest BCUT2D eigenvalue weighted by Gasteiger charge is -2.06. The number of thiocarbonyl (C=S) groups is 1. The molecule has 0 aliphatic rings. The maximum atomic E-state index is 5.75. The molecule has 0 atom stereocenters. The van der Waals surface area contributed by atoms with Crippen LogP contribution in [0.25, 0.3) is 6.08 Å². The molecule has 0 heterocycles. The molecule has 0 spiro atoms. The van der Waals surface area contributed by atoms with Crippen LogP contribution in [-0.2, 0) is 6.42 Å². The molecule has 228 valence electrons. The summed E-state index contributed by atoms with van der Waals surface area (Å²) >= 11 is 5.66. The summed E-state index contributed by atoms with van der Waals surface area (Å²) in [5.41, 5.74) is 3.69. The summed E-state index contributed by atoms with van der Waals surface area (Å²) in [6, 6.07) is 17.1. The molecular weight excluding hydrogens is 516 g/mol. The number of aryl methyl sites for hydroxylation is 1. The Kier molecular flexibility index (Phi) is 21.2. The Balaban J connectivity index is 1.45. The van der Waals surface area contributed by atoms with Gasteiger partial charge in [-0.2, -0.15) is 0 Å². The van der Waals surface area contributed by atoms with Gasteiger partial charge in [-0.25, -0.2) is 0 Å². The van der Waals surface area contributed by atoms with Crippen molar-refractivity contribution in [2.24, 2.45) is 0 Å². The van der Waals surface area contributed by atoms with Crippen LogP contribution in [-0.4, -0.2) is 11.5 Å². The van der Waals surface area contributed by atoms with Crippen LogP contribution >= 0.6 is 12.2 Å². The fourth-order valence-electron chi connectivity index (χ4n) is 5.34. The second kappa shape index (κ2) is 24.6. The van der Waals surface area contributed by atoms with Crippen molar-refractivity contribution in [3.63, 3.8) is 0 Å². The van der Waals surface area contributed by atoms with Crippen molar-refractivity contribution in [1.29, 1.82) is 0 Å². The summed E-state index contributed by atoms with van der Waals surface area (Å²) in [4.78, 5) is 0.882. The van der Waals surface area contributed by atoms with E-state index in [1.807, 2.05) is 18.2 Å². The Bertz CT molecular complexity index is 912. The van der Waals surface area contributed by atoms with Gasteiger partial charge in [0.25, 0.3) is 0 Å². The standard InChI is InChI=1S/C39H60OS/c1-3-5-7-8-9-10-11-12-13-14-15-16-17-18-19-20-21-22-23-35-24-29-37(30-25-35)39(41)33-28-36-26-31-38(32-27-36)40-34-6-4-2/h24-33H,3-23,34H2,1-2H3. The Morgan fingerprint density at radius 2 is 1.02 bits per heavy atom. The molecule has 2 rings (SSSR count). The summed E-state index contributed by atoms with van der Waals surface area (Å²) in [6.07, 6.45) is 33.2. The van der Waals surface area contributed by atoms with E-state index < -0.39 is 0 Å². The number of rotatable bonds is 26. The molecule has 41 heavy (non-hydrogen) atoms. The highest BCUT2D eigenvalue weighted by Crippen LogP contribution is 2.17. The van der Waals surface area contributed by atoms with Crippen molar-refractivity contribution in [2.45, 2.75) is 149 Å². The third kappa shape index (κ3) is 18.3. The van der Waals surface area contributed by atoms with Gasteiger partial charge < -0.3 is 4.74 Å². The average Bonchev–Trinajstić information content (AvgIpc) is 3.00. The summed E-state index contributed by atoms with van der Waals surface area (Å²) in [7, 11) is 0. The fourth-order valence-corrected chi connectivity index (χ4v) is 5.55. The third-order valence-electron chi connectivity index (χ3n) is 8.13. The summed E-state index contributed by atoms with van der Waals surface area (Å²) in [6.45, 7) is 5.26. The highest BCUT2D eigenvalue weighted by Gasteiger charge is 2.01. The predicted molar refractivity (Wildman–Crippen MR) is 187 cm³/mol. The quantitative estimate of drug-likeness (QED) is 0.0477. The molecule has 1 nitrogen and oxygen atoms in total. The molecule has 0 aliphatic heterocycles. The van der Waals surface area contributed by atoms with Gasteiger partial charge in [0, 0.05) is 4.86 Å². The normalized spacial score (nSPS) is 11.4. The topological polar surface area (TPSA) is 9.23 Å². The maximum Gasteiger partial charge on any atom is 0.119 e. The first kappa shape index (κ1) is 35.3. The molecule has 0 amide bonds. The lowest BCUT2D eigenvalue weighted by Crippen LogP contribution is -1.96. The Hall–Kier alpha value is -1.93. The minimum atomic E-state index is 0.783. The van der Waals surface area contributed by atoms with E-state index in [1.165, 1.54) is 128 Å². The predicted octanol–water partition coefficient (Wildman–Crippen LogP) is 12.9. The van der Waals surface area contributed by atoms with E-state index in [1.54, 1.807) is 0 Å². The number of benzene rings is 2. The van der Waals surface area contributed by atoms with E-state index in [-0.39, 0.29) is 0 Å². The van der Waals surface area contributed by atoms with Crippen LogP contribution in [0.3, 0.4) is 0 Å². The molecule has 0 aliphatic carbocycles. The lowest BCUT2D eigenvalue weighted by atomic mass is 10.0. The largest absolute Gasteiger partial charge is 0.494 e. The van der Waals surface area contributed by atoms with Gasteiger partial charge in [-0.15, -0.1) is 0 Å². The molecule has 0 saturated heterocycles. The van der Waals surface area contributed by atoms with Gasteiger partial charge in [0.15, 0.2) is 0 Å². The fraction of sp³-hybridized carbons (Fsp3) is 0.615. The van der Waals surface area contributed by atoms with E-state index >= 15 is 0 Å². The molecule has 0 fully saturated rings. The second-order valence-electron chi connectivity index (χ2n) is 11.9. The Labute approximate surface area is 259 Å². The molecule has 0 radical (unpaired) electrons. The van der Waals surface area contributed by atoms with Gasteiger partial charge in [-0.05, 0) is 54.2 Å². The van der Waals surface area contributed by atoms with E-state index in [2.05, 4.69) is 56.3 Å². The van der Waals surface area contributed by atoms with E-state index in [0.29, 0.717) is 0 Å². The number of ether oxygens (including phenoxy) is 1. The zero-order valence-electron chi connectivity index (χ0n) is 26.6. The molecule has 2 aromatic rings. The minimum absolute atomic E-state index is 0.783. The van der Waals surface area contributed by atoms with Gasteiger partial charge in [0.1, 0.15) is 5.75 Å². The zero-order chi connectivity index (χ0) is 29.2. The summed E-state index contributed by atoms with van der Waals surface area (Å²) in [5, 5.41) is 0. The van der Waals surface area contributed by atoms with E-state index in [0.717, 1.165) is 41.2 Å². The monoisotopic (exact) mass is 576 g/mol. The zero-order valence-corrected chi connectivity index (χ0v) is 27.5. The highest BCUT2D eigenvalue weighted by molar-refractivity contribution is 7.81. The molecule has 0 unspecified atom stereocenters. The van der Waals surface area contributed by atoms with Crippen LogP contribution in [0, 0.1) is 0 Å². The van der Waals surface area contributed by atoms with Crippen molar-refractivity contribution in [2.75, 3.05) is 6.61 Å². The Morgan fingerprint density at radius 3 is 1.51 bits per heavy atom. The molecule has 0 saturated carbocycles. The number of hydrogen-bond donors (Lipinski definition) is 0. The first-order valence-electron chi connectivity index (χ1n) is 17.3. The van der Waals surface area contributed by atoms with Crippen molar-refractivity contribution in [3.8, 4) is 5.75 Å². The van der Waals surface area contributed by atoms with E-state index in [9.17, 15) is 0 Å². The van der Waals surface area contributed by atoms with Crippen molar-refractivity contribution in [1.82, 2.24) is 0 Å².